The quantitative estimate of drug-likeness (QED) is 0.795. The van der Waals surface area contributed by atoms with Gasteiger partial charge in [0.1, 0.15) is 0 Å². The first-order valence-electron chi connectivity index (χ1n) is 6.42. The summed E-state index contributed by atoms with van der Waals surface area (Å²) in [6, 6.07) is 1.14. The number of hydrogen-bond acceptors (Lipinski definition) is 3. The summed E-state index contributed by atoms with van der Waals surface area (Å²) in [7, 11) is 0. The van der Waals surface area contributed by atoms with Gasteiger partial charge in [-0.25, -0.2) is 0 Å². The van der Waals surface area contributed by atoms with Gasteiger partial charge in [0, 0.05) is 18.6 Å². The minimum Gasteiger partial charge on any atom is -0.395 e. The lowest BCUT2D eigenvalue weighted by Crippen LogP contribution is -2.48. The van der Waals surface area contributed by atoms with Gasteiger partial charge in [-0.1, -0.05) is 0 Å². The fourth-order valence-corrected chi connectivity index (χ4v) is 3.16. The molecule has 94 valence electrons. The minimum atomic E-state index is -0.0960. The van der Waals surface area contributed by atoms with E-state index in [0.717, 1.165) is 13.0 Å². The molecule has 0 aromatic heterocycles. The zero-order valence-corrected chi connectivity index (χ0v) is 11.0. The molecule has 0 spiro atoms. The van der Waals surface area contributed by atoms with Crippen LogP contribution in [0.3, 0.4) is 0 Å². The summed E-state index contributed by atoms with van der Waals surface area (Å²) in [6.45, 7) is 9.73. The van der Waals surface area contributed by atoms with Gasteiger partial charge in [0.05, 0.1) is 17.8 Å². The maximum absolute atomic E-state index is 9.19. The standard InChI is InChI=1S/C13H25NO2/c1-12(2)9-11(13(3,4)16-12)14(7-8-15)10-5-6-10/h10-11,15H,5-9H2,1-4H3. The minimum absolute atomic E-state index is 0.0310. The van der Waals surface area contributed by atoms with Crippen LogP contribution < -0.4 is 0 Å². The van der Waals surface area contributed by atoms with E-state index in [1.165, 1.54) is 12.8 Å². The molecule has 1 unspecified atom stereocenters. The Morgan fingerprint density at radius 3 is 2.25 bits per heavy atom. The maximum atomic E-state index is 9.19. The van der Waals surface area contributed by atoms with Crippen LogP contribution in [0, 0.1) is 0 Å². The third-order valence-corrected chi connectivity index (χ3v) is 3.80. The van der Waals surface area contributed by atoms with Crippen LogP contribution in [0.25, 0.3) is 0 Å². The molecular weight excluding hydrogens is 202 g/mol. The average Bonchev–Trinajstić information content (AvgIpc) is 2.89. The van der Waals surface area contributed by atoms with Gasteiger partial charge >= 0.3 is 0 Å². The molecule has 1 N–H and O–H groups in total. The molecule has 3 nitrogen and oxygen atoms in total. The summed E-state index contributed by atoms with van der Waals surface area (Å²) >= 11 is 0. The van der Waals surface area contributed by atoms with Gasteiger partial charge in [-0.3, -0.25) is 4.90 Å². The summed E-state index contributed by atoms with van der Waals surface area (Å²) < 4.78 is 6.13. The first kappa shape index (κ1) is 12.3. The number of nitrogens with zero attached hydrogens (tertiary/aromatic N) is 1. The summed E-state index contributed by atoms with van der Waals surface area (Å²) in [6.07, 6.45) is 3.64. The lowest BCUT2D eigenvalue weighted by molar-refractivity contribution is -0.0821. The molecule has 1 saturated heterocycles. The number of aliphatic hydroxyl groups excluding tert-OH is 1. The monoisotopic (exact) mass is 227 g/mol. The second kappa shape index (κ2) is 3.97. The molecule has 0 radical (unpaired) electrons. The fraction of sp³-hybridized carbons (Fsp3) is 1.00. The van der Waals surface area contributed by atoms with Crippen LogP contribution in [0.1, 0.15) is 47.0 Å². The summed E-state index contributed by atoms with van der Waals surface area (Å²) in [4.78, 5) is 2.47. The summed E-state index contributed by atoms with van der Waals surface area (Å²) in [5, 5.41) is 9.19. The molecule has 1 aliphatic heterocycles. The van der Waals surface area contributed by atoms with Crippen LogP contribution in [0.5, 0.6) is 0 Å². The van der Waals surface area contributed by atoms with Crippen LogP contribution >= 0.6 is 0 Å². The zero-order valence-electron chi connectivity index (χ0n) is 11.0. The molecule has 1 heterocycles. The number of aliphatic hydroxyl groups is 1. The first-order valence-corrected chi connectivity index (χ1v) is 6.42. The van der Waals surface area contributed by atoms with Crippen LogP contribution in [0.2, 0.25) is 0 Å². The lowest BCUT2D eigenvalue weighted by atomic mass is 9.92. The average molecular weight is 227 g/mol. The van der Waals surface area contributed by atoms with Crippen molar-refractivity contribution in [3.63, 3.8) is 0 Å². The van der Waals surface area contributed by atoms with Crippen LogP contribution in [-0.2, 0) is 4.74 Å². The third kappa shape index (κ3) is 2.41. The van der Waals surface area contributed by atoms with Crippen molar-refractivity contribution in [3.8, 4) is 0 Å². The smallest absolute Gasteiger partial charge is 0.0789 e. The Hall–Kier alpha value is -0.120. The Kier molecular flexibility index (Phi) is 3.06. The van der Waals surface area contributed by atoms with E-state index in [4.69, 9.17) is 4.74 Å². The first-order chi connectivity index (χ1) is 7.36. The molecule has 0 aromatic rings. The number of ether oxygens (including phenoxy) is 1. The molecule has 0 aromatic carbocycles. The molecule has 1 aliphatic carbocycles. The molecule has 2 aliphatic rings. The van der Waals surface area contributed by atoms with Crippen LogP contribution in [0.15, 0.2) is 0 Å². The normalized spacial score (nSPS) is 32.2. The van der Waals surface area contributed by atoms with Crippen LogP contribution in [-0.4, -0.2) is 46.4 Å². The van der Waals surface area contributed by atoms with E-state index in [1.54, 1.807) is 0 Å². The van der Waals surface area contributed by atoms with E-state index in [0.29, 0.717) is 12.1 Å². The number of hydrogen-bond donors (Lipinski definition) is 1. The third-order valence-electron chi connectivity index (χ3n) is 3.80. The fourth-order valence-electron chi connectivity index (χ4n) is 3.16. The Morgan fingerprint density at radius 1 is 1.25 bits per heavy atom. The van der Waals surface area contributed by atoms with E-state index in [-0.39, 0.29) is 17.8 Å². The van der Waals surface area contributed by atoms with Gasteiger partial charge in [-0.05, 0) is 47.0 Å². The highest BCUT2D eigenvalue weighted by Gasteiger charge is 2.50. The van der Waals surface area contributed by atoms with Crippen molar-refractivity contribution in [2.45, 2.75) is 70.2 Å². The van der Waals surface area contributed by atoms with Crippen molar-refractivity contribution in [2.75, 3.05) is 13.2 Å². The molecule has 3 heteroatoms. The Morgan fingerprint density at radius 2 is 1.88 bits per heavy atom. The van der Waals surface area contributed by atoms with Gasteiger partial charge in [0.15, 0.2) is 0 Å². The van der Waals surface area contributed by atoms with E-state index in [1.807, 2.05) is 0 Å². The Labute approximate surface area is 98.8 Å². The molecule has 16 heavy (non-hydrogen) atoms. The summed E-state index contributed by atoms with van der Waals surface area (Å²) in [5.41, 5.74) is -0.127. The lowest BCUT2D eigenvalue weighted by Gasteiger charge is -2.36. The van der Waals surface area contributed by atoms with Gasteiger partial charge < -0.3 is 9.84 Å². The largest absolute Gasteiger partial charge is 0.395 e. The molecule has 0 amide bonds. The van der Waals surface area contributed by atoms with E-state index in [9.17, 15) is 5.11 Å². The molecule has 2 rings (SSSR count). The van der Waals surface area contributed by atoms with E-state index >= 15 is 0 Å². The second-order valence-electron chi connectivity index (χ2n) is 6.38. The molecule has 1 atom stereocenters. The predicted octanol–water partition coefficient (Wildman–Crippen LogP) is 1.79. The molecule has 1 saturated carbocycles. The highest BCUT2D eigenvalue weighted by molar-refractivity contribution is 5.03. The van der Waals surface area contributed by atoms with Crippen molar-refractivity contribution < 1.29 is 9.84 Å². The molecule has 0 bridgehead atoms. The van der Waals surface area contributed by atoms with Gasteiger partial charge in [-0.2, -0.15) is 0 Å². The van der Waals surface area contributed by atoms with Crippen molar-refractivity contribution in [1.29, 1.82) is 0 Å². The van der Waals surface area contributed by atoms with Crippen molar-refractivity contribution >= 4 is 0 Å². The van der Waals surface area contributed by atoms with Crippen molar-refractivity contribution in [2.24, 2.45) is 0 Å². The van der Waals surface area contributed by atoms with Crippen molar-refractivity contribution in [1.82, 2.24) is 4.90 Å². The second-order valence-corrected chi connectivity index (χ2v) is 6.38. The predicted molar refractivity (Wildman–Crippen MR) is 64.5 cm³/mol. The number of rotatable bonds is 4. The highest BCUT2D eigenvalue weighted by Crippen LogP contribution is 2.43. The van der Waals surface area contributed by atoms with E-state index < -0.39 is 0 Å². The maximum Gasteiger partial charge on any atom is 0.0789 e. The Bertz CT molecular complexity index is 259. The van der Waals surface area contributed by atoms with Crippen LogP contribution in [0.4, 0.5) is 0 Å². The summed E-state index contributed by atoms with van der Waals surface area (Å²) in [5.74, 6) is 0. The molecular formula is C13H25NO2. The highest BCUT2D eigenvalue weighted by atomic mass is 16.5. The zero-order chi connectivity index (χ0) is 12.0. The Balaban J connectivity index is 2.11. The topological polar surface area (TPSA) is 32.7 Å². The SMILES string of the molecule is CC1(C)CC(N(CCO)C2CC2)C(C)(C)O1. The van der Waals surface area contributed by atoms with Gasteiger partial charge in [0.25, 0.3) is 0 Å². The van der Waals surface area contributed by atoms with Crippen molar-refractivity contribution in [3.05, 3.63) is 0 Å². The van der Waals surface area contributed by atoms with Gasteiger partial charge in [0.2, 0.25) is 0 Å². The van der Waals surface area contributed by atoms with Gasteiger partial charge in [-0.15, -0.1) is 0 Å². The molecule has 2 fully saturated rings. The van der Waals surface area contributed by atoms with E-state index in [2.05, 4.69) is 32.6 Å².